The molecule has 1 fully saturated rings. The minimum atomic E-state index is -0.154. The smallest absolute Gasteiger partial charge is 0.318 e. The van der Waals surface area contributed by atoms with E-state index in [9.17, 15) is 4.79 Å². The second kappa shape index (κ2) is 8.94. The Hall–Kier alpha value is -1.07. The fourth-order valence-corrected chi connectivity index (χ4v) is 1.59. The van der Waals surface area contributed by atoms with Gasteiger partial charge in [-0.2, -0.15) is 0 Å². The van der Waals surface area contributed by atoms with Gasteiger partial charge in [0.25, 0.3) is 0 Å². The number of urea groups is 1. The number of amides is 2. The highest BCUT2D eigenvalue weighted by Gasteiger charge is 2.05. The first kappa shape index (κ1) is 15.0. The van der Waals surface area contributed by atoms with E-state index in [1.54, 1.807) is 6.20 Å². The zero-order valence-corrected chi connectivity index (χ0v) is 11.3. The molecule has 0 unspecified atom stereocenters. The molecule has 1 aliphatic rings. The van der Waals surface area contributed by atoms with E-state index in [-0.39, 0.29) is 12.1 Å². The third kappa shape index (κ3) is 7.29. The zero-order valence-electron chi connectivity index (χ0n) is 11.3. The summed E-state index contributed by atoms with van der Waals surface area (Å²) in [5.74, 6) is 0. The molecule has 104 valence electrons. The van der Waals surface area contributed by atoms with Crippen molar-refractivity contribution in [1.29, 1.82) is 0 Å². The molecule has 1 saturated heterocycles. The molecule has 5 nitrogen and oxygen atoms in total. The normalized spacial score (nSPS) is 15.6. The monoisotopic (exact) mass is 256 g/mol. The van der Waals surface area contributed by atoms with Crippen molar-refractivity contribution < 1.29 is 14.3 Å². The summed E-state index contributed by atoms with van der Waals surface area (Å²) >= 11 is 0. The van der Waals surface area contributed by atoms with E-state index in [1.165, 1.54) is 5.57 Å². The van der Waals surface area contributed by atoms with E-state index in [1.807, 2.05) is 13.8 Å². The number of hydrogen-bond donors (Lipinski definition) is 2. The van der Waals surface area contributed by atoms with Crippen molar-refractivity contribution in [1.82, 2.24) is 10.6 Å². The first-order chi connectivity index (χ1) is 8.68. The summed E-state index contributed by atoms with van der Waals surface area (Å²) < 4.78 is 10.6. The van der Waals surface area contributed by atoms with Crippen LogP contribution in [0.1, 0.15) is 33.1 Å². The lowest BCUT2D eigenvalue weighted by molar-refractivity contribution is 0.0774. The Morgan fingerprint density at radius 3 is 2.83 bits per heavy atom. The topological polar surface area (TPSA) is 59.6 Å². The molecule has 0 bridgehead atoms. The maximum atomic E-state index is 11.4. The Morgan fingerprint density at radius 2 is 2.17 bits per heavy atom. The Bertz CT molecular complexity index is 269. The van der Waals surface area contributed by atoms with E-state index in [0.717, 1.165) is 32.5 Å². The molecule has 1 rings (SSSR count). The third-order valence-corrected chi connectivity index (χ3v) is 2.60. The number of nitrogens with one attached hydrogen (secondary N) is 2. The molecule has 0 aliphatic carbocycles. The number of rotatable bonds is 6. The molecule has 1 heterocycles. The largest absolute Gasteiger partial charge is 0.381 e. The molecule has 18 heavy (non-hydrogen) atoms. The van der Waals surface area contributed by atoms with Crippen molar-refractivity contribution in [2.45, 2.75) is 39.2 Å². The Kier molecular flexibility index (Phi) is 7.44. The molecule has 0 aromatic heterocycles. The van der Waals surface area contributed by atoms with Crippen molar-refractivity contribution in [2.75, 3.05) is 26.4 Å². The lowest BCUT2D eigenvalue weighted by Crippen LogP contribution is -2.33. The zero-order chi connectivity index (χ0) is 13.2. The second-order valence-electron chi connectivity index (χ2n) is 4.59. The van der Waals surface area contributed by atoms with E-state index >= 15 is 0 Å². The minimum absolute atomic E-state index is 0.154. The molecule has 0 atom stereocenters. The maximum Gasteiger partial charge on any atom is 0.318 e. The van der Waals surface area contributed by atoms with Crippen LogP contribution in [0, 0.1) is 0 Å². The number of carbonyl (C=O) groups excluding carboxylic acids is 1. The van der Waals surface area contributed by atoms with Gasteiger partial charge < -0.3 is 20.1 Å². The van der Waals surface area contributed by atoms with Gasteiger partial charge >= 0.3 is 6.03 Å². The SMILES string of the molecule is CC(C)OCCCNC(=O)NC=C1CCOCC1. The van der Waals surface area contributed by atoms with Crippen molar-refractivity contribution in [3.05, 3.63) is 11.8 Å². The highest BCUT2D eigenvalue weighted by Crippen LogP contribution is 2.11. The maximum absolute atomic E-state index is 11.4. The predicted octanol–water partition coefficient (Wildman–Crippen LogP) is 1.79. The number of carbonyl (C=O) groups is 1. The highest BCUT2D eigenvalue weighted by molar-refractivity contribution is 5.74. The first-order valence-corrected chi connectivity index (χ1v) is 6.60. The van der Waals surface area contributed by atoms with Crippen LogP contribution in [0.3, 0.4) is 0 Å². The molecule has 0 aromatic rings. The van der Waals surface area contributed by atoms with Crippen LogP contribution in [-0.4, -0.2) is 38.5 Å². The minimum Gasteiger partial charge on any atom is -0.381 e. The van der Waals surface area contributed by atoms with Crippen molar-refractivity contribution >= 4 is 6.03 Å². The van der Waals surface area contributed by atoms with E-state index in [4.69, 9.17) is 9.47 Å². The number of hydrogen-bond acceptors (Lipinski definition) is 3. The number of ether oxygens (including phenoxy) is 2. The van der Waals surface area contributed by atoms with Gasteiger partial charge in [-0.3, -0.25) is 0 Å². The van der Waals surface area contributed by atoms with Crippen LogP contribution in [0.2, 0.25) is 0 Å². The van der Waals surface area contributed by atoms with Crippen LogP contribution in [0.25, 0.3) is 0 Å². The lowest BCUT2D eigenvalue weighted by Gasteiger charge is -2.14. The molecule has 0 spiro atoms. The fraction of sp³-hybridized carbons (Fsp3) is 0.769. The van der Waals surface area contributed by atoms with Gasteiger partial charge in [0.1, 0.15) is 0 Å². The average Bonchev–Trinajstić information content (AvgIpc) is 2.37. The predicted molar refractivity (Wildman–Crippen MR) is 70.4 cm³/mol. The summed E-state index contributed by atoms with van der Waals surface area (Å²) in [7, 11) is 0. The molecule has 0 radical (unpaired) electrons. The van der Waals surface area contributed by atoms with Crippen LogP contribution >= 0.6 is 0 Å². The van der Waals surface area contributed by atoms with Gasteiger partial charge in [0.15, 0.2) is 0 Å². The fourth-order valence-electron chi connectivity index (χ4n) is 1.59. The molecule has 0 saturated carbocycles. The van der Waals surface area contributed by atoms with Gasteiger partial charge in [-0.15, -0.1) is 0 Å². The van der Waals surface area contributed by atoms with E-state index in [0.29, 0.717) is 13.2 Å². The lowest BCUT2D eigenvalue weighted by atomic mass is 10.1. The summed E-state index contributed by atoms with van der Waals surface area (Å²) in [5, 5.41) is 5.53. The summed E-state index contributed by atoms with van der Waals surface area (Å²) in [6, 6.07) is -0.154. The summed E-state index contributed by atoms with van der Waals surface area (Å²) in [6.45, 7) is 6.81. The van der Waals surface area contributed by atoms with Crippen molar-refractivity contribution in [2.24, 2.45) is 0 Å². The van der Waals surface area contributed by atoms with Gasteiger partial charge in [-0.1, -0.05) is 0 Å². The third-order valence-electron chi connectivity index (χ3n) is 2.60. The van der Waals surface area contributed by atoms with Gasteiger partial charge in [0.2, 0.25) is 0 Å². The van der Waals surface area contributed by atoms with Crippen molar-refractivity contribution in [3.8, 4) is 0 Å². The van der Waals surface area contributed by atoms with E-state index in [2.05, 4.69) is 10.6 Å². The van der Waals surface area contributed by atoms with E-state index < -0.39 is 0 Å². The summed E-state index contributed by atoms with van der Waals surface area (Å²) in [5.41, 5.74) is 1.24. The van der Waals surface area contributed by atoms with Crippen LogP contribution in [0.15, 0.2) is 11.8 Å². The molecule has 1 aliphatic heterocycles. The molecule has 0 aromatic carbocycles. The summed E-state index contributed by atoms with van der Waals surface area (Å²) in [6.07, 6.45) is 4.68. The first-order valence-electron chi connectivity index (χ1n) is 6.60. The summed E-state index contributed by atoms with van der Waals surface area (Å²) in [4.78, 5) is 11.4. The Balaban J connectivity index is 2.03. The van der Waals surface area contributed by atoms with Crippen LogP contribution < -0.4 is 10.6 Å². The van der Waals surface area contributed by atoms with Gasteiger partial charge in [-0.25, -0.2) is 4.79 Å². The van der Waals surface area contributed by atoms with Gasteiger partial charge in [0.05, 0.1) is 19.3 Å². The Morgan fingerprint density at radius 1 is 1.44 bits per heavy atom. The molecular formula is C13H24N2O3. The Labute approximate surface area is 109 Å². The average molecular weight is 256 g/mol. The van der Waals surface area contributed by atoms with Gasteiger partial charge in [-0.05, 0) is 38.7 Å². The quantitative estimate of drug-likeness (QED) is 0.712. The van der Waals surface area contributed by atoms with Crippen molar-refractivity contribution in [3.63, 3.8) is 0 Å². The highest BCUT2D eigenvalue weighted by atomic mass is 16.5. The molecule has 2 N–H and O–H groups in total. The molecular weight excluding hydrogens is 232 g/mol. The van der Waals surface area contributed by atoms with Crippen LogP contribution in [-0.2, 0) is 9.47 Å². The molecule has 2 amide bonds. The van der Waals surface area contributed by atoms with Gasteiger partial charge in [0, 0.05) is 19.4 Å². The van der Waals surface area contributed by atoms with Crippen LogP contribution in [0.5, 0.6) is 0 Å². The van der Waals surface area contributed by atoms with Crippen LogP contribution in [0.4, 0.5) is 4.79 Å². The second-order valence-corrected chi connectivity index (χ2v) is 4.59. The standard InChI is InChI=1S/C13H24N2O3/c1-11(2)18-7-3-6-14-13(16)15-10-12-4-8-17-9-5-12/h10-11H,3-9H2,1-2H3,(H2,14,15,16). The molecule has 5 heteroatoms.